The molecule has 0 fully saturated rings. The molecule has 0 aliphatic heterocycles. The fraction of sp³-hybridized carbons (Fsp3) is 0.222. The Morgan fingerprint density at radius 2 is 2.04 bits per heavy atom. The van der Waals surface area contributed by atoms with Crippen molar-refractivity contribution in [1.29, 1.82) is 0 Å². The number of nitrogens with one attached hydrogen (secondary N) is 1. The number of ether oxygens (including phenoxy) is 1. The van der Waals surface area contributed by atoms with Gasteiger partial charge >= 0.3 is 5.97 Å². The second-order valence-corrected chi connectivity index (χ2v) is 5.33. The first-order chi connectivity index (χ1) is 12.2. The number of H-pyrrole nitrogens is 1. The van der Waals surface area contributed by atoms with E-state index in [0.29, 0.717) is 23.5 Å². The van der Waals surface area contributed by atoms with Gasteiger partial charge < -0.3 is 9.72 Å². The van der Waals surface area contributed by atoms with Crippen LogP contribution >= 0.6 is 12.4 Å². The van der Waals surface area contributed by atoms with E-state index in [1.807, 2.05) is 0 Å². The number of rotatable bonds is 6. The maximum Gasteiger partial charge on any atom is 0.307 e. The number of aromatic amines is 1. The fourth-order valence-corrected chi connectivity index (χ4v) is 2.49. The van der Waals surface area contributed by atoms with Crippen LogP contribution in [0.1, 0.15) is 23.7 Å². The Labute approximate surface area is 156 Å². The van der Waals surface area contributed by atoms with Gasteiger partial charge in [-0.15, -0.1) is 12.4 Å². The normalized spacial score (nSPS) is 10.2. The molecule has 8 heteroatoms. The van der Waals surface area contributed by atoms with Crippen LogP contribution < -0.4 is 4.90 Å². The van der Waals surface area contributed by atoms with E-state index >= 15 is 0 Å². The lowest BCUT2D eigenvalue weighted by Crippen LogP contribution is -2.34. The van der Waals surface area contributed by atoms with E-state index in [9.17, 15) is 9.59 Å². The first-order valence-corrected chi connectivity index (χ1v) is 8.00. The van der Waals surface area contributed by atoms with Crippen molar-refractivity contribution in [3.8, 4) is 0 Å². The van der Waals surface area contributed by atoms with Crippen LogP contribution in [0.3, 0.4) is 0 Å². The van der Waals surface area contributed by atoms with Crippen molar-refractivity contribution in [2.75, 3.05) is 18.1 Å². The predicted octanol–water partition coefficient (Wildman–Crippen LogP) is 2.98. The van der Waals surface area contributed by atoms with Crippen molar-refractivity contribution >= 4 is 41.1 Å². The van der Waals surface area contributed by atoms with Gasteiger partial charge in [0.25, 0.3) is 5.91 Å². The van der Waals surface area contributed by atoms with Crippen molar-refractivity contribution < 1.29 is 14.3 Å². The molecule has 0 bridgehead atoms. The van der Waals surface area contributed by atoms with Gasteiger partial charge in [0.2, 0.25) is 0 Å². The number of anilines is 1. The Balaban J connectivity index is 0.00000243. The van der Waals surface area contributed by atoms with Crippen LogP contribution in [0, 0.1) is 0 Å². The summed E-state index contributed by atoms with van der Waals surface area (Å²) in [7, 11) is 0. The third-order valence-electron chi connectivity index (χ3n) is 3.68. The molecule has 1 N–H and O–H groups in total. The number of pyridine rings is 1. The molecule has 2 aromatic heterocycles. The van der Waals surface area contributed by atoms with E-state index in [4.69, 9.17) is 4.74 Å². The number of hydrogen-bond donors (Lipinski definition) is 1. The van der Waals surface area contributed by atoms with Crippen molar-refractivity contribution in [1.82, 2.24) is 15.0 Å². The number of amides is 1. The molecular formula is C18H19ClN4O3. The monoisotopic (exact) mass is 374 g/mol. The first-order valence-electron chi connectivity index (χ1n) is 8.00. The summed E-state index contributed by atoms with van der Waals surface area (Å²) in [6, 6.07) is 10.5. The molecule has 26 heavy (non-hydrogen) atoms. The van der Waals surface area contributed by atoms with Crippen LogP contribution in [0.25, 0.3) is 11.0 Å². The number of imidazole rings is 1. The number of carbonyl (C=O) groups is 2. The van der Waals surface area contributed by atoms with E-state index in [1.54, 1.807) is 55.8 Å². The maximum atomic E-state index is 13.0. The van der Waals surface area contributed by atoms with E-state index < -0.39 is 0 Å². The van der Waals surface area contributed by atoms with Gasteiger partial charge in [-0.2, -0.15) is 0 Å². The Morgan fingerprint density at radius 3 is 2.77 bits per heavy atom. The molecule has 0 spiro atoms. The summed E-state index contributed by atoms with van der Waals surface area (Å²) in [6.07, 6.45) is 3.29. The van der Waals surface area contributed by atoms with Crippen molar-refractivity contribution in [2.24, 2.45) is 0 Å². The average molecular weight is 375 g/mol. The molecule has 7 nitrogen and oxygen atoms in total. The van der Waals surface area contributed by atoms with Gasteiger partial charge in [-0.3, -0.25) is 14.5 Å². The Kier molecular flexibility index (Phi) is 6.68. The molecule has 1 amide bonds. The van der Waals surface area contributed by atoms with Gasteiger partial charge in [0, 0.05) is 18.3 Å². The standard InChI is InChI=1S/C18H18N4O3.ClH/c1-2-25-17(23)8-10-22(16-5-3-4-9-19-16)18(24)13-6-7-14-15(11-13)21-12-20-14;/h3-7,9,11-12H,2,8,10H2,1H3,(H,20,21);1H. The summed E-state index contributed by atoms with van der Waals surface area (Å²) >= 11 is 0. The number of benzene rings is 1. The highest BCUT2D eigenvalue weighted by atomic mass is 35.5. The largest absolute Gasteiger partial charge is 0.466 e. The summed E-state index contributed by atoms with van der Waals surface area (Å²) < 4.78 is 4.95. The van der Waals surface area contributed by atoms with Crippen LogP contribution in [0.2, 0.25) is 0 Å². The molecule has 3 rings (SSSR count). The van der Waals surface area contributed by atoms with Gasteiger partial charge in [0.15, 0.2) is 0 Å². The van der Waals surface area contributed by atoms with E-state index in [0.717, 1.165) is 5.52 Å². The molecule has 0 saturated carbocycles. The summed E-state index contributed by atoms with van der Waals surface area (Å²) in [5.41, 5.74) is 2.04. The molecule has 0 radical (unpaired) electrons. The minimum atomic E-state index is -0.348. The summed E-state index contributed by atoms with van der Waals surface area (Å²) in [5.74, 6) is -0.106. The topological polar surface area (TPSA) is 88.2 Å². The Hall–Kier alpha value is -2.93. The third-order valence-corrected chi connectivity index (χ3v) is 3.68. The van der Waals surface area contributed by atoms with Crippen LogP contribution in [0.5, 0.6) is 0 Å². The lowest BCUT2D eigenvalue weighted by molar-refractivity contribution is -0.142. The van der Waals surface area contributed by atoms with Crippen molar-refractivity contribution in [3.63, 3.8) is 0 Å². The predicted molar refractivity (Wildman–Crippen MR) is 101 cm³/mol. The number of aromatic nitrogens is 3. The zero-order valence-corrected chi connectivity index (χ0v) is 15.0. The van der Waals surface area contributed by atoms with E-state index in [1.165, 1.54) is 4.90 Å². The third kappa shape index (κ3) is 4.37. The molecule has 0 aliphatic carbocycles. The lowest BCUT2D eigenvalue weighted by atomic mass is 10.1. The van der Waals surface area contributed by atoms with Gasteiger partial charge in [0.05, 0.1) is 30.4 Å². The summed E-state index contributed by atoms with van der Waals surface area (Å²) in [4.78, 5) is 37.5. The van der Waals surface area contributed by atoms with Gasteiger partial charge in [0.1, 0.15) is 5.82 Å². The van der Waals surface area contributed by atoms with Gasteiger partial charge in [-0.25, -0.2) is 9.97 Å². The van der Waals surface area contributed by atoms with Crippen LogP contribution in [0.15, 0.2) is 48.9 Å². The lowest BCUT2D eigenvalue weighted by Gasteiger charge is -2.21. The molecule has 0 unspecified atom stereocenters. The minimum absolute atomic E-state index is 0. The Morgan fingerprint density at radius 1 is 1.19 bits per heavy atom. The molecule has 1 aromatic carbocycles. The zero-order valence-electron chi connectivity index (χ0n) is 14.2. The molecule has 0 aliphatic rings. The van der Waals surface area contributed by atoms with E-state index in [2.05, 4.69) is 15.0 Å². The molecule has 0 atom stereocenters. The van der Waals surface area contributed by atoms with Crippen molar-refractivity contribution in [3.05, 3.63) is 54.5 Å². The summed E-state index contributed by atoms with van der Waals surface area (Å²) in [6.45, 7) is 2.25. The molecule has 136 valence electrons. The second kappa shape index (κ2) is 8.96. The number of esters is 1. The summed E-state index contributed by atoms with van der Waals surface area (Å²) in [5, 5.41) is 0. The highest BCUT2D eigenvalue weighted by Gasteiger charge is 2.20. The van der Waals surface area contributed by atoms with Crippen LogP contribution in [0.4, 0.5) is 5.82 Å². The van der Waals surface area contributed by atoms with Crippen LogP contribution in [-0.2, 0) is 9.53 Å². The first kappa shape index (κ1) is 19.4. The maximum absolute atomic E-state index is 13.0. The van der Waals surface area contributed by atoms with Crippen molar-refractivity contribution in [2.45, 2.75) is 13.3 Å². The van der Waals surface area contributed by atoms with Gasteiger partial charge in [-0.1, -0.05) is 6.07 Å². The average Bonchev–Trinajstić information content (AvgIpc) is 3.10. The molecule has 2 heterocycles. The van der Waals surface area contributed by atoms with Crippen LogP contribution in [-0.4, -0.2) is 40.0 Å². The molecule has 0 saturated heterocycles. The SMILES string of the molecule is CCOC(=O)CCN(C(=O)c1ccc2[nH]cnc2c1)c1ccccn1.Cl. The molecule has 3 aromatic rings. The number of halogens is 1. The number of fused-ring (bicyclic) bond motifs is 1. The Bertz CT molecular complexity index is 882. The fourth-order valence-electron chi connectivity index (χ4n) is 2.49. The zero-order chi connectivity index (χ0) is 17.6. The number of hydrogen-bond acceptors (Lipinski definition) is 5. The number of carbonyl (C=O) groups excluding carboxylic acids is 2. The highest BCUT2D eigenvalue weighted by molar-refractivity contribution is 6.07. The van der Waals surface area contributed by atoms with Gasteiger partial charge in [-0.05, 0) is 37.3 Å². The molecular weight excluding hydrogens is 356 g/mol. The quantitative estimate of drug-likeness (QED) is 0.670. The smallest absolute Gasteiger partial charge is 0.307 e. The number of nitrogens with zero attached hydrogens (tertiary/aromatic N) is 3. The van der Waals surface area contributed by atoms with E-state index in [-0.39, 0.29) is 37.2 Å². The second-order valence-electron chi connectivity index (χ2n) is 5.33. The highest BCUT2D eigenvalue weighted by Crippen LogP contribution is 2.18. The minimum Gasteiger partial charge on any atom is -0.466 e.